The lowest BCUT2D eigenvalue weighted by molar-refractivity contribution is -0.123. The summed E-state index contributed by atoms with van der Waals surface area (Å²) >= 11 is 0. The number of ether oxygens (including phenoxy) is 2. The second-order valence-corrected chi connectivity index (χ2v) is 6.93. The van der Waals surface area contributed by atoms with Gasteiger partial charge in [-0.3, -0.25) is 4.79 Å². The molecule has 2 aromatic rings. The van der Waals surface area contributed by atoms with E-state index < -0.39 is 0 Å². The number of fused-ring (bicyclic) bond motifs is 1. The van der Waals surface area contributed by atoms with Crippen LogP contribution in [0.2, 0.25) is 0 Å². The minimum absolute atomic E-state index is 0. The molecule has 0 saturated carbocycles. The lowest BCUT2D eigenvalue weighted by Crippen LogP contribution is -2.40. The Morgan fingerprint density at radius 2 is 1.87 bits per heavy atom. The standard InChI is InChI=1S/C23H30N4O3.HI/c1-4-24-22(28)16-30-20-11-10-17(14-21(20)29-3)15-26-23(25-5-2)27-13-12-18-8-6-7-9-19(18)27;/h6-11,14H,4-5,12-13,15-16H2,1-3H3,(H,24,28)(H,25,26);1H. The van der Waals surface area contributed by atoms with Crippen molar-refractivity contribution in [3.05, 3.63) is 53.6 Å². The van der Waals surface area contributed by atoms with Gasteiger partial charge in [0.25, 0.3) is 5.91 Å². The number of hydrogen-bond acceptors (Lipinski definition) is 4. The third-order valence-electron chi connectivity index (χ3n) is 4.85. The smallest absolute Gasteiger partial charge is 0.257 e. The molecule has 0 saturated heterocycles. The van der Waals surface area contributed by atoms with Crippen molar-refractivity contribution in [1.82, 2.24) is 10.6 Å². The van der Waals surface area contributed by atoms with E-state index in [1.54, 1.807) is 7.11 Å². The molecule has 1 aliphatic heterocycles. The van der Waals surface area contributed by atoms with Crippen LogP contribution in [0.3, 0.4) is 0 Å². The highest BCUT2D eigenvalue weighted by molar-refractivity contribution is 14.0. The van der Waals surface area contributed by atoms with E-state index in [0.29, 0.717) is 24.6 Å². The number of carbonyl (C=O) groups is 1. The zero-order valence-corrected chi connectivity index (χ0v) is 20.6. The van der Waals surface area contributed by atoms with Crippen LogP contribution in [0.25, 0.3) is 0 Å². The normalized spacial score (nSPS) is 12.6. The highest BCUT2D eigenvalue weighted by Crippen LogP contribution is 2.29. The Labute approximate surface area is 201 Å². The summed E-state index contributed by atoms with van der Waals surface area (Å²) in [6.07, 6.45) is 1.02. The molecule has 8 heteroatoms. The molecule has 3 rings (SSSR count). The number of anilines is 1. The molecule has 0 fully saturated rings. The number of nitrogens with one attached hydrogen (secondary N) is 2. The third kappa shape index (κ3) is 6.49. The van der Waals surface area contributed by atoms with Crippen molar-refractivity contribution in [3.8, 4) is 11.5 Å². The summed E-state index contributed by atoms with van der Waals surface area (Å²) in [4.78, 5) is 18.7. The first kappa shape index (κ1) is 24.8. The second-order valence-electron chi connectivity index (χ2n) is 6.93. The molecule has 0 bridgehead atoms. The number of para-hydroxylation sites is 1. The number of guanidine groups is 1. The van der Waals surface area contributed by atoms with Gasteiger partial charge in [0.2, 0.25) is 0 Å². The lowest BCUT2D eigenvalue weighted by atomic mass is 10.2. The van der Waals surface area contributed by atoms with E-state index in [0.717, 1.165) is 31.0 Å². The van der Waals surface area contributed by atoms with Crippen molar-refractivity contribution in [2.75, 3.05) is 38.3 Å². The van der Waals surface area contributed by atoms with E-state index in [2.05, 4.69) is 46.7 Å². The van der Waals surface area contributed by atoms with Gasteiger partial charge in [0.15, 0.2) is 24.1 Å². The van der Waals surface area contributed by atoms with Crippen molar-refractivity contribution in [3.63, 3.8) is 0 Å². The van der Waals surface area contributed by atoms with Crippen LogP contribution in [-0.4, -0.2) is 45.2 Å². The Balaban J connectivity index is 0.00000341. The first-order chi connectivity index (χ1) is 14.7. The van der Waals surface area contributed by atoms with Gasteiger partial charge in [-0.1, -0.05) is 24.3 Å². The van der Waals surface area contributed by atoms with Crippen LogP contribution < -0.4 is 25.0 Å². The molecule has 1 amide bonds. The fourth-order valence-electron chi connectivity index (χ4n) is 3.44. The van der Waals surface area contributed by atoms with Gasteiger partial charge in [-0.15, -0.1) is 24.0 Å². The van der Waals surface area contributed by atoms with Crippen LogP contribution in [0, 0.1) is 0 Å². The second kappa shape index (κ2) is 12.4. The van der Waals surface area contributed by atoms with Crippen molar-refractivity contribution in [1.29, 1.82) is 0 Å². The van der Waals surface area contributed by atoms with Gasteiger partial charge in [-0.2, -0.15) is 0 Å². The molecule has 0 aliphatic carbocycles. The van der Waals surface area contributed by atoms with Gasteiger partial charge in [-0.05, 0) is 49.6 Å². The number of nitrogens with zero attached hydrogens (tertiary/aromatic N) is 2. The third-order valence-corrected chi connectivity index (χ3v) is 4.85. The van der Waals surface area contributed by atoms with Crippen LogP contribution in [-0.2, 0) is 17.8 Å². The molecule has 1 aliphatic rings. The number of methoxy groups -OCH3 is 1. The molecule has 168 valence electrons. The molecule has 0 spiro atoms. The molecule has 2 aromatic carbocycles. The molecule has 0 aromatic heterocycles. The summed E-state index contributed by atoms with van der Waals surface area (Å²) < 4.78 is 11.0. The molecule has 0 unspecified atom stereocenters. The lowest BCUT2D eigenvalue weighted by Gasteiger charge is -2.22. The number of halogens is 1. The first-order valence-corrected chi connectivity index (χ1v) is 10.4. The summed E-state index contributed by atoms with van der Waals surface area (Å²) in [5.41, 5.74) is 3.56. The van der Waals surface area contributed by atoms with E-state index >= 15 is 0 Å². The van der Waals surface area contributed by atoms with Crippen LogP contribution in [0.4, 0.5) is 5.69 Å². The monoisotopic (exact) mass is 538 g/mol. The van der Waals surface area contributed by atoms with Gasteiger partial charge in [0.05, 0.1) is 13.7 Å². The van der Waals surface area contributed by atoms with Crippen molar-refractivity contribution in [2.24, 2.45) is 4.99 Å². The predicted molar refractivity (Wildman–Crippen MR) is 135 cm³/mol. The van der Waals surface area contributed by atoms with Crippen molar-refractivity contribution < 1.29 is 14.3 Å². The van der Waals surface area contributed by atoms with Crippen molar-refractivity contribution in [2.45, 2.75) is 26.8 Å². The van der Waals surface area contributed by atoms with E-state index in [1.165, 1.54) is 11.3 Å². The van der Waals surface area contributed by atoms with Gasteiger partial charge in [-0.25, -0.2) is 4.99 Å². The predicted octanol–water partition coefficient (Wildman–Crippen LogP) is 3.36. The van der Waals surface area contributed by atoms with E-state index in [4.69, 9.17) is 14.5 Å². The number of benzene rings is 2. The molecule has 2 N–H and O–H groups in total. The number of carbonyl (C=O) groups excluding carboxylic acids is 1. The van der Waals surface area contributed by atoms with Gasteiger partial charge in [0.1, 0.15) is 0 Å². The number of amides is 1. The summed E-state index contributed by atoms with van der Waals surface area (Å²) in [7, 11) is 1.59. The topological polar surface area (TPSA) is 75.2 Å². The Morgan fingerprint density at radius 3 is 2.61 bits per heavy atom. The molecule has 1 heterocycles. The first-order valence-electron chi connectivity index (χ1n) is 10.4. The number of likely N-dealkylation sites (N-methyl/N-ethyl adjacent to an activating group) is 1. The van der Waals surface area contributed by atoms with Crippen LogP contribution in [0.1, 0.15) is 25.0 Å². The minimum atomic E-state index is -0.158. The molecule has 31 heavy (non-hydrogen) atoms. The average molecular weight is 538 g/mol. The Kier molecular flexibility index (Phi) is 9.90. The molecule has 0 radical (unpaired) electrons. The van der Waals surface area contributed by atoms with E-state index in [1.807, 2.05) is 25.1 Å². The maximum atomic E-state index is 11.6. The molecule has 0 atom stereocenters. The highest BCUT2D eigenvalue weighted by atomic mass is 127. The number of hydrogen-bond donors (Lipinski definition) is 2. The maximum absolute atomic E-state index is 11.6. The van der Waals surface area contributed by atoms with Gasteiger partial charge < -0.3 is 25.0 Å². The Hall–Kier alpha value is -2.49. The molecule has 7 nitrogen and oxygen atoms in total. The summed E-state index contributed by atoms with van der Waals surface area (Å²) in [6.45, 7) is 6.70. The van der Waals surface area contributed by atoms with E-state index in [-0.39, 0.29) is 36.5 Å². The van der Waals surface area contributed by atoms with E-state index in [9.17, 15) is 4.79 Å². The quantitative estimate of drug-likeness (QED) is 0.307. The molecular weight excluding hydrogens is 507 g/mol. The Bertz CT molecular complexity index is 904. The van der Waals surface area contributed by atoms with Crippen molar-refractivity contribution >= 4 is 41.5 Å². The van der Waals surface area contributed by atoms with Crippen LogP contribution >= 0.6 is 24.0 Å². The number of aliphatic imine (C=N–C) groups is 1. The summed E-state index contributed by atoms with van der Waals surface area (Å²) in [5, 5.41) is 6.10. The van der Waals surface area contributed by atoms with Gasteiger partial charge >= 0.3 is 0 Å². The fraction of sp³-hybridized carbons (Fsp3) is 0.391. The largest absolute Gasteiger partial charge is 0.493 e. The highest BCUT2D eigenvalue weighted by Gasteiger charge is 2.22. The maximum Gasteiger partial charge on any atom is 0.257 e. The zero-order valence-electron chi connectivity index (χ0n) is 18.3. The zero-order chi connectivity index (χ0) is 21.3. The Morgan fingerprint density at radius 1 is 1.10 bits per heavy atom. The molecular formula is C23H31IN4O3. The fourth-order valence-corrected chi connectivity index (χ4v) is 3.44. The van der Waals surface area contributed by atoms with Crippen LogP contribution in [0.5, 0.6) is 11.5 Å². The summed E-state index contributed by atoms with van der Waals surface area (Å²) in [5.74, 6) is 1.84. The summed E-state index contributed by atoms with van der Waals surface area (Å²) in [6, 6.07) is 14.1. The SMILES string of the molecule is CCNC(=O)COc1ccc(CN=C(NCC)N2CCc3ccccc32)cc1OC.I. The van der Waals surface area contributed by atoms with Crippen LogP contribution in [0.15, 0.2) is 47.5 Å². The van der Waals surface area contributed by atoms with Gasteiger partial charge in [0, 0.05) is 25.3 Å². The average Bonchev–Trinajstić information content (AvgIpc) is 3.19. The minimum Gasteiger partial charge on any atom is -0.493 e. The number of rotatable bonds is 8.